The Morgan fingerprint density at radius 2 is 1.69 bits per heavy atom. The number of H-pyrrole nitrogens is 1. The van der Waals surface area contributed by atoms with E-state index in [1.807, 2.05) is 24.8 Å². The predicted octanol–water partition coefficient (Wildman–Crippen LogP) is 5.21. The van der Waals surface area contributed by atoms with E-state index in [9.17, 15) is 9.59 Å². The maximum Gasteiger partial charge on any atom is 0.252 e. The van der Waals surface area contributed by atoms with E-state index in [-0.39, 0.29) is 17.4 Å². The predicted molar refractivity (Wildman–Crippen MR) is 172 cm³/mol. The first-order chi connectivity index (χ1) is 20.3. The molecular weight excluding hydrogens is 522 g/mol. The number of nitrogens with one attached hydrogen (secondary N) is 3. The molecule has 2 aliphatic rings. The van der Waals surface area contributed by atoms with Crippen LogP contribution in [0.1, 0.15) is 66.1 Å². The van der Waals surface area contributed by atoms with Crippen molar-refractivity contribution in [3.05, 3.63) is 86.3 Å². The number of piperazine rings is 1. The summed E-state index contributed by atoms with van der Waals surface area (Å²) in [5.41, 5.74) is 9.44. The fraction of sp³-hybridized carbons (Fsp3) is 0.486. The minimum atomic E-state index is -0.0358. The number of aryl methyl sites for hydroxylation is 2. The summed E-state index contributed by atoms with van der Waals surface area (Å²) in [6.07, 6.45) is 4.25. The number of carbonyl (C=O) groups excluding carboxylic acids is 1. The van der Waals surface area contributed by atoms with Crippen molar-refractivity contribution in [2.75, 3.05) is 37.6 Å². The summed E-state index contributed by atoms with van der Waals surface area (Å²) in [5.74, 6) is 0.373. The fourth-order valence-corrected chi connectivity index (χ4v) is 6.58. The van der Waals surface area contributed by atoms with Crippen molar-refractivity contribution >= 4 is 11.6 Å². The Morgan fingerprint density at radius 3 is 2.36 bits per heavy atom. The molecule has 7 nitrogen and oxygen atoms in total. The number of amides is 1. The van der Waals surface area contributed by atoms with Gasteiger partial charge >= 0.3 is 0 Å². The zero-order valence-corrected chi connectivity index (χ0v) is 25.8. The van der Waals surface area contributed by atoms with Crippen LogP contribution >= 0.6 is 0 Å². The lowest BCUT2D eigenvalue weighted by molar-refractivity contribution is -0.122. The van der Waals surface area contributed by atoms with Crippen LogP contribution in [0, 0.1) is 26.7 Å². The molecule has 2 aromatic carbocycles. The minimum Gasteiger partial charge on any atom is -0.326 e. The van der Waals surface area contributed by atoms with Crippen molar-refractivity contribution in [3.63, 3.8) is 0 Å². The van der Waals surface area contributed by atoms with Crippen LogP contribution in [0.4, 0.5) is 5.69 Å². The van der Waals surface area contributed by atoms with E-state index in [1.54, 1.807) is 0 Å². The van der Waals surface area contributed by atoms with Crippen LogP contribution in [-0.2, 0) is 24.4 Å². The van der Waals surface area contributed by atoms with Gasteiger partial charge < -0.3 is 20.5 Å². The SMILES string of the molecule is CCN(C(=O)C1CCCC1)c1cc(-c2ccc(CN3CCNCC3)cc2)cc(CNCc2c(C)cc(C)[nH]c2=O)c1C. The molecule has 0 radical (unpaired) electrons. The minimum absolute atomic E-state index is 0.0358. The van der Waals surface area contributed by atoms with Gasteiger partial charge in [0.05, 0.1) is 0 Å². The first-order valence-electron chi connectivity index (χ1n) is 15.7. The number of nitrogens with zero attached hydrogens (tertiary/aromatic N) is 2. The van der Waals surface area contributed by atoms with Gasteiger partial charge in [-0.1, -0.05) is 37.1 Å². The van der Waals surface area contributed by atoms with Crippen LogP contribution in [0.15, 0.2) is 47.3 Å². The molecule has 1 aliphatic carbocycles. The van der Waals surface area contributed by atoms with Crippen LogP contribution in [0.5, 0.6) is 0 Å². The van der Waals surface area contributed by atoms with Gasteiger partial charge in [0, 0.05) is 75.2 Å². The highest BCUT2D eigenvalue weighted by Gasteiger charge is 2.28. The van der Waals surface area contributed by atoms with Crippen LogP contribution < -0.4 is 21.1 Å². The average Bonchev–Trinajstić information content (AvgIpc) is 3.52. The van der Waals surface area contributed by atoms with Crippen molar-refractivity contribution < 1.29 is 4.79 Å². The third-order valence-corrected chi connectivity index (χ3v) is 9.08. The topological polar surface area (TPSA) is 80.5 Å². The van der Waals surface area contributed by atoms with E-state index in [2.05, 4.69) is 70.8 Å². The van der Waals surface area contributed by atoms with E-state index >= 15 is 0 Å². The number of carbonyl (C=O) groups is 1. The molecule has 1 saturated heterocycles. The number of benzene rings is 2. The molecule has 1 saturated carbocycles. The Morgan fingerprint density at radius 1 is 0.976 bits per heavy atom. The zero-order valence-electron chi connectivity index (χ0n) is 25.8. The quantitative estimate of drug-likeness (QED) is 0.313. The molecule has 0 unspecified atom stereocenters. The average molecular weight is 570 g/mol. The van der Waals surface area contributed by atoms with Crippen LogP contribution in [0.2, 0.25) is 0 Å². The molecule has 3 aromatic rings. The molecule has 1 aliphatic heterocycles. The Balaban J connectivity index is 1.43. The van der Waals surface area contributed by atoms with Crippen molar-refractivity contribution in [2.45, 2.75) is 73.0 Å². The number of aromatic amines is 1. The number of rotatable bonds is 10. The number of hydrogen-bond donors (Lipinski definition) is 3. The highest BCUT2D eigenvalue weighted by molar-refractivity contribution is 5.96. The third kappa shape index (κ3) is 7.02. The summed E-state index contributed by atoms with van der Waals surface area (Å²) in [5, 5.41) is 6.95. The van der Waals surface area contributed by atoms with Crippen LogP contribution in [-0.4, -0.2) is 48.5 Å². The van der Waals surface area contributed by atoms with Crippen molar-refractivity contribution in [1.82, 2.24) is 20.5 Å². The Hall–Kier alpha value is -3.26. The number of pyridine rings is 1. The Bertz CT molecular complexity index is 1430. The zero-order chi connectivity index (χ0) is 29.6. The van der Waals surface area contributed by atoms with Crippen molar-refractivity contribution in [1.29, 1.82) is 0 Å². The van der Waals surface area contributed by atoms with Crippen LogP contribution in [0.3, 0.4) is 0 Å². The van der Waals surface area contributed by atoms with Gasteiger partial charge in [-0.05, 0) is 92.1 Å². The normalized spacial score (nSPS) is 16.2. The molecule has 0 spiro atoms. The summed E-state index contributed by atoms with van der Waals surface area (Å²) in [6, 6.07) is 15.4. The summed E-state index contributed by atoms with van der Waals surface area (Å²) in [6.45, 7) is 15.1. The van der Waals surface area contributed by atoms with Gasteiger partial charge in [0.15, 0.2) is 0 Å². The molecule has 2 fully saturated rings. The molecule has 1 amide bonds. The lowest BCUT2D eigenvalue weighted by atomic mass is 9.95. The molecule has 0 bridgehead atoms. The molecule has 3 N–H and O–H groups in total. The van der Waals surface area contributed by atoms with E-state index in [4.69, 9.17) is 0 Å². The van der Waals surface area contributed by atoms with Crippen molar-refractivity contribution in [3.8, 4) is 11.1 Å². The highest BCUT2D eigenvalue weighted by Crippen LogP contribution is 2.34. The smallest absolute Gasteiger partial charge is 0.252 e. The third-order valence-electron chi connectivity index (χ3n) is 9.08. The molecule has 5 rings (SSSR count). The maximum absolute atomic E-state index is 13.7. The summed E-state index contributed by atoms with van der Waals surface area (Å²) in [4.78, 5) is 33.7. The highest BCUT2D eigenvalue weighted by atomic mass is 16.2. The van der Waals surface area contributed by atoms with Gasteiger partial charge in [0.2, 0.25) is 5.91 Å². The monoisotopic (exact) mass is 569 g/mol. The second-order valence-electron chi connectivity index (χ2n) is 12.1. The second-order valence-corrected chi connectivity index (χ2v) is 12.1. The molecule has 7 heteroatoms. The Labute approximate surface area is 250 Å². The summed E-state index contributed by atoms with van der Waals surface area (Å²) >= 11 is 0. The Kier molecular flexibility index (Phi) is 9.93. The van der Waals surface area contributed by atoms with Gasteiger partial charge in [-0.15, -0.1) is 0 Å². The number of anilines is 1. The van der Waals surface area contributed by atoms with E-state index in [0.29, 0.717) is 19.6 Å². The van der Waals surface area contributed by atoms with Crippen LogP contribution in [0.25, 0.3) is 11.1 Å². The van der Waals surface area contributed by atoms with E-state index < -0.39 is 0 Å². The van der Waals surface area contributed by atoms with E-state index in [1.165, 1.54) is 5.56 Å². The largest absolute Gasteiger partial charge is 0.326 e. The first kappa shape index (κ1) is 30.2. The van der Waals surface area contributed by atoms with Gasteiger partial charge in [0.1, 0.15) is 0 Å². The van der Waals surface area contributed by atoms with Gasteiger partial charge in [-0.3, -0.25) is 14.5 Å². The van der Waals surface area contributed by atoms with Crippen molar-refractivity contribution in [2.24, 2.45) is 5.92 Å². The lowest BCUT2D eigenvalue weighted by Gasteiger charge is -2.28. The first-order valence-corrected chi connectivity index (χ1v) is 15.7. The summed E-state index contributed by atoms with van der Waals surface area (Å²) in [7, 11) is 0. The molecule has 2 heterocycles. The fourth-order valence-electron chi connectivity index (χ4n) is 6.58. The van der Waals surface area contributed by atoms with E-state index in [0.717, 1.165) is 103 Å². The standard InChI is InChI=1S/C35H47N5O2/c1-5-40(35(42)29-8-6-7-9-29)33-20-30(28-12-10-27(11-13-28)23-39-16-14-36-15-17-39)19-31(26(33)4)21-37-22-32-24(2)18-25(3)38-34(32)41/h10-13,18-20,29,36-37H,5-9,14-17,21-23H2,1-4H3,(H,38,41). The molecule has 224 valence electrons. The van der Waals surface area contributed by atoms with Gasteiger partial charge in [0.25, 0.3) is 5.56 Å². The summed E-state index contributed by atoms with van der Waals surface area (Å²) < 4.78 is 0. The number of hydrogen-bond acceptors (Lipinski definition) is 5. The number of aromatic nitrogens is 1. The molecule has 0 atom stereocenters. The maximum atomic E-state index is 13.7. The van der Waals surface area contributed by atoms with Gasteiger partial charge in [-0.25, -0.2) is 0 Å². The molecular formula is C35H47N5O2. The second kappa shape index (κ2) is 13.8. The lowest BCUT2D eigenvalue weighted by Crippen LogP contribution is -2.42. The molecule has 42 heavy (non-hydrogen) atoms. The molecule has 1 aromatic heterocycles. The van der Waals surface area contributed by atoms with Gasteiger partial charge in [-0.2, -0.15) is 0 Å².